The van der Waals surface area contributed by atoms with Crippen LogP contribution < -0.4 is 11.3 Å². The van der Waals surface area contributed by atoms with E-state index in [9.17, 15) is 9.59 Å². The summed E-state index contributed by atoms with van der Waals surface area (Å²) in [5.41, 5.74) is 6.69. The van der Waals surface area contributed by atoms with Crippen LogP contribution in [0.4, 0.5) is 0 Å². The molecule has 0 aliphatic rings. The molecule has 0 saturated carbocycles. The van der Waals surface area contributed by atoms with E-state index in [1.54, 1.807) is 0 Å². The molecule has 94 valence electrons. The lowest BCUT2D eigenvalue weighted by Gasteiger charge is -2.01. The van der Waals surface area contributed by atoms with Crippen molar-refractivity contribution in [3.05, 3.63) is 58.0 Å². The third kappa shape index (κ3) is 2.75. The number of hydrogen-bond acceptors (Lipinski definition) is 3. The summed E-state index contributed by atoms with van der Waals surface area (Å²) < 4.78 is 1.02. The Hall–Kier alpha value is -2.14. The second kappa shape index (κ2) is 5.46. The summed E-state index contributed by atoms with van der Waals surface area (Å²) in [4.78, 5) is 23.4. The van der Waals surface area contributed by atoms with Crippen molar-refractivity contribution in [2.45, 2.75) is 19.4 Å². The number of aromatic nitrogens is 2. The summed E-state index contributed by atoms with van der Waals surface area (Å²) in [5, 5.41) is 2.70. The third-order valence-corrected chi connectivity index (χ3v) is 2.71. The number of hydrogen-bond donors (Lipinski definition) is 2. The highest BCUT2D eigenvalue weighted by atomic mass is 16.2. The number of nitrogens with one attached hydrogen (secondary N) is 1. The Morgan fingerprint density at radius 2 is 2.00 bits per heavy atom. The largest absolute Gasteiger partial charge is 0.325 e. The fraction of sp³-hybridized carbons (Fsp3) is 0.231. The Morgan fingerprint density at radius 1 is 1.28 bits per heavy atom. The summed E-state index contributed by atoms with van der Waals surface area (Å²) >= 11 is 0. The SMILES string of the molecule is NCc1cc(=O)n(C(=O)CCc2ccccc2)[nH]1. The van der Waals surface area contributed by atoms with Gasteiger partial charge in [-0.1, -0.05) is 30.3 Å². The third-order valence-electron chi connectivity index (χ3n) is 2.71. The highest BCUT2D eigenvalue weighted by molar-refractivity contribution is 5.78. The van der Waals surface area contributed by atoms with Crippen LogP contribution in [0.1, 0.15) is 22.5 Å². The van der Waals surface area contributed by atoms with E-state index in [4.69, 9.17) is 5.73 Å². The Kier molecular flexibility index (Phi) is 3.74. The van der Waals surface area contributed by atoms with E-state index >= 15 is 0 Å². The summed E-state index contributed by atoms with van der Waals surface area (Å²) in [6, 6.07) is 11.0. The van der Waals surface area contributed by atoms with E-state index in [-0.39, 0.29) is 24.4 Å². The zero-order valence-corrected chi connectivity index (χ0v) is 9.93. The smallest absolute Gasteiger partial charge is 0.273 e. The maximum Gasteiger partial charge on any atom is 0.273 e. The van der Waals surface area contributed by atoms with Crippen LogP contribution in [0.25, 0.3) is 0 Å². The van der Waals surface area contributed by atoms with Crippen LogP contribution in [0.3, 0.4) is 0 Å². The highest BCUT2D eigenvalue weighted by Gasteiger charge is 2.10. The lowest BCUT2D eigenvalue weighted by molar-refractivity contribution is 0.0882. The van der Waals surface area contributed by atoms with Gasteiger partial charge in [-0.3, -0.25) is 14.7 Å². The molecule has 1 heterocycles. The Bertz CT molecular complexity index is 584. The molecule has 0 atom stereocenters. The molecule has 2 aromatic rings. The van der Waals surface area contributed by atoms with E-state index in [2.05, 4.69) is 5.10 Å². The molecule has 1 aromatic heterocycles. The number of nitrogens with zero attached hydrogens (tertiary/aromatic N) is 1. The van der Waals surface area contributed by atoms with Gasteiger partial charge >= 0.3 is 0 Å². The van der Waals surface area contributed by atoms with Gasteiger partial charge in [0.05, 0.1) is 5.69 Å². The molecule has 0 unspecified atom stereocenters. The van der Waals surface area contributed by atoms with Gasteiger partial charge in [0.1, 0.15) is 0 Å². The van der Waals surface area contributed by atoms with Gasteiger partial charge in [-0.2, -0.15) is 4.68 Å². The Morgan fingerprint density at radius 3 is 2.61 bits per heavy atom. The molecule has 3 N–H and O–H groups in total. The van der Waals surface area contributed by atoms with E-state index < -0.39 is 0 Å². The van der Waals surface area contributed by atoms with Crippen molar-refractivity contribution in [3.63, 3.8) is 0 Å². The first-order valence-electron chi connectivity index (χ1n) is 5.79. The van der Waals surface area contributed by atoms with Crippen LogP contribution in [-0.4, -0.2) is 15.7 Å². The minimum absolute atomic E-state index is 0.216. The minimum atomic E-state index is -0.353. The van der Waals surface area contributed by atoms with Gasteiger partial charge in [0.2, 0.25) is 5.91 Å². The first-order chi connectivity index (χ1) is 8.70. The molecule has 18 heavy (non-hydrogen) atoms. The van der Waals surface area contributed by atoms with E-state index in [0.717, 1.165) is 10.2 Å². The van der Waals surface area contributed by atoms with E-state index in [1.807, 2.05) is 30.3 Å². The van der Waals surface area contributed by atoms with Crippen LogP contribution in [-0.2, 0) is 13.0 Å². The quantitative estimate of drug-likeness (QED) is 0.840. The zero-order valence-electron chi connectivity index (χ0n) is 9.93. The van der Waals surface area contributed by atoms with Crippen molar-refractivity contribution >= 4 is 5.91 Å². The van der Waals surface area contributed by atoms with Crippen LogP contribution >= 0.6 is 0 Å². The molecular formula is C13H15N3O2. The molecule has 0 saturated heterocycles. The minimum Gasteiger partial charge on any atom is -0.325 e. The molecule has 1 aromatic carbocycles. The maximum absolute atomic E-state index is 11.9. The molecule has 2 rings (SSSR count). The predicted octanol–water partition coefficient (Wildman–Crippen LogP) is 0.908. The van der Waals surface area contributed by atoms with Gasteiger partial charge in [-0.05, 0) is 12.0 Å². The predicted molar refractivity (Wildman–Crippen MR) is 68.3 cm³/mol. The molecule has 0 amide bonds. The first-order valence-corrected chi connectivity index (χ1v) is 5.79. The molecule has 0 aliphatic heterocycles. The van der Waals surface area contributed by atoms with Crippen molar-refractivity contribution < 1.29 is 4.79 Å². The van der Waals surface area contributed by atoms with Gasteiger partial charge in [0.15, 0.2) is 0 Å². The lowest BCUT2D eigenvalue weighted by atomic mass is 10.1. The summed E-state index contributed by atoms with van der Waals surface area (Å²) in [6.45, 7) is 0.216. The average Bonchev–Trinajstić information content (AvgIpc) is 2.78. The zero-order chi connectivity index (χ0) is 13.0. The molecule has 0 bridgehead atoms. The number of rotatable bonds is 4. The lowest BCUT2D eigenvalue weighted by Crippen LogP contribution is -2.24. The standard InChI is InChI=1S/C13H15N3O2/c14-9-11-8-13(18)16(15-11)12(17)7-6-10-4-2-1-3-5-10/h1-5,8,15H,6-7,9,14H2. The van der Waals surface area contributed by atoms with Gasteiger partial charge in [-0.15, -0.1) is 0 Å². The van der Waals surface area contributed by atoms with E-state index in [0.29, 0.717) is 12.1 Å². The second-order valence-electron chi connectivity index (χ2n) is 4.04. The number of benzene rings is 1. The molecule has 0 aliphatic carbocycles. The molecule has 5 nitrogen and oxygen atoms in total. The summed E-state index contributed by atoms with van der Waals surface area (Å²) in [5.74, 6) is -0.247. The molecule has 0 fully saturated rings. The Labute approximate surface area is 104 Å². The summed E-state index contributed by atoms with van der Waals surface area (Å²) in [6.07, 6.45) is 0.900. The topological polar surface area (TPSA) is 80.9 Å². The number of H-pyrrole nitrogens is 1. The van der Waals surface area contributed by atoms with Gasteiger partial charge < -0.3 is 5.73 Å². The second-order valence-corrected chi connectivity index (χ2v) is 4.04. The van der Waals surface area contributed by atoms with Crippen molar-refractivity contribution in [2.24, 2.45) is 5.73 Å². The first kappa shape index (κ1) is 12.3. The van der Waals surface area contributed by atoms with Gasteiger partial charge in [0, 0.05) is 19.0 Å². The van der Waals surface area contributed by atoms with Crippen molar-refractivity contribution in [2.75, 3.05) is 0 Å². The van der Waals surface area contributed by atoms with Crippen LogP contribution in [0, 0.1) is 0 Å². The number of aryl methyl sites for hydroxylation is 1. The number of nitrogens with two attached hydrogens (primary N) is 1. The molecular weight excluding hydrogens is 230 g/mol. The number of carbonyl (C=O) groups is 1. The Balaban J connectivity index is 2.04. The molecule has 0 spiro atoms. The normalized spacial score (nSPS) is 10.5. The average molecular weight is 245 g/mol. The fourth-order valence-electron chi connectivity index (χ4n) is 1.74. The summed E-state index contributed by atoms with van der Waals surface area (Å²) in [7, 11) is 0. The fourth-order valence-corrected chi connectivity index (χ4v) is 1.74. The molecule has 0 radical (unpaired) electrons. The van der Waals surface area contributed by atoms with Gasteiger partial charge in [-0.25, -0.2) is 0 Å². The van der Waals surface area contributed by atoms with Crippen LogP contribution in [0.15, 0.2) is 41.2 Å². The number of aromatic amines is 1. The van der Waals surface area contributed by atoms with Gasteiger partial charge in [0.25, 0.3) is 5.56 Å². The van der Waals surface area contributed by atoms with Crippen molar-refractivity contribution in [3.8, 4) is 0 Å². The van der Waals surface area contributed by atoms with E-state index in [1.165, 1.54) is 6.07 Å². The van der Waals surface area contributed by atoms with Crippen LogP contribution in [0.2, 0.25) is 0 Å². The van der Waals surface area contributed by atoms with Crippen molar-refractivity contribution in [1.82, 2.24) is 9.78 Å². The van der Waals surface area contributed by atoms with Crippen LogP contribution in [0.5, 0.6) is 0 Å². The maximum atomic E-state index is 11.9. The molecule has 5 heteroatoms. The highest BCUT2D eigenvalue weighted by Crippen LogP contribution is 2.03. The number of carbonyl (C=O) groups excluding carboxylic acids is 1. The van der Waals surface area contributed by atoms with Crippen molar-refractivity contribution in [1.29, 1.82) is 0 Å². The monoisotopic (exact) mass is 245 g/mol.